The van der Waals surface area contributed by atoms with E-state index in [1.165, 1.54) is 24.6 Å². The molecule has 0 aromatic rings. The summed E-state index contributed by atoms with van der Waals surface area (Å²) in [5, 5.41) is 0. The molecular formula is C6H12OS2. The Morgan fingerprint density at radius 3 is 2.67 bits per heavy atom. The van der Waals surface area contributed by atoms with Gasteiger partial charge in [-0.05, 0) is 6.42 Å². The summed E-state index contributed by atoms with van der Waals surface area (Å²) in [6.07, 6.45) is 3.56. The maximum Gasteiger partial charge on any atom is 0.243 e. The average Bonchev–Trinajstić information content (AvgIpc) is 1.80. The van der Waals surface area contributed by atoms with E-state index in [1.807, 2.05) is 0 Å². The molecule has 0 saturated carbocycles. The lowest BCUT2D eigenvalue weighted by atomic mass is 10.3. The van der Waals surface area contributed by atoms with E-state index < -0.39 is 0 Å². The molecule has 0 atom stereocenters. The molecule has 0 rings (SSSR count). The van der Waals surface area contributed by atoms with Gasteiger partial charge in [-0.2, -0.15) is 0 Å². The van der Waals surface area contributed by atoms with Crippen LogP contribution in [0.3, 0.4) is 0 Å². The molecule has 0 amide bonds. The molecule has 1 nitrogen and oxygen atoms in total. The Labute approximate surface area is 66.0 Å². The molecule has 0 N–H and O–H groups in total. The number of unbranched alkanes of at least 4 members (excludes halogenated alkanes) is 2. The van der Waals surface area contributed by atoms with E-state index in [2.05, 4.69) is 19.6 Å². The van der Waals surface area contributed by atoms with E-state index >= 15 is 0 Å². The number of hydrogen-bond donors (Lipinski definition) is 1. The van der Waals surface area contributed by atoms with Gasteiger partial charge in [-0.3, -0.25) is 4.79 Å². The molecule has 0 spiro atoms. The number of rotatable bonds is 4. The minimum atomic E-state index is -0.0638. The average molecular weight is 164 g/mol. The van der Waals surface area contributed by atoms with Crippen molar-refractivity contribution in [2.24, 2.45) is 0 Å². The van der Waals surface area contributed by atoms with Gasteiger partial charge in [0.1, 0.15) is 0 Å². The van der Waals surface area contributed by atoms with Crippen molar-refractivity contribution in [2.45, 2.75) is 26.2 Å². The molecule has 0 radical (unpaired) electrons. The second kappa shape index (κ2) is 6.49. The summed E-state index contributed by atoms with van der Waals surface area (Å²) in [5.41, 5.74) is 0. The van der Waals surface area contributed by atoms with Gasteiger partial charge in [0.15, 0.2) is 0 Å². The number of hydrogen-bond acceptors (Lipinski definition) is 2. The Balaban J connectivity index is 2.83. The fraction of sp³-hybridized carbons (Fsp3) is 0.833. The van der Waals surface area contributed by atoms with Gasteiger partial charge in [0.2, 0.25) is 4.45 Å². The number of carbonyl (C=O) groups is 1. The summed E-state index contributed by atoms with van der Waals surface area (Å²) >= 11 is 4.92. The molecule has 9 heavy (non-hydrogen) atoms. The summed E-state index contributed by atoms with van der Waals surface area (Å²) in [6, 6.07) is 0. The van der Waals surface area contributed by atoms with Crippen molar-refractivity contribution in [3.63, 3.8) is 0 Å². The molecule has 0 aliphatic carbocycles. The predicted octanol–water partition coefficient (Wildman–Crippen LogP) is 2.96. The molecule has 0 fully saturated rings. The summed E-state index contributed by atoms with van der Waals surface area (Å²) in [6.45, 7) is 2.15. The lowest BCUT2D eigenvalue weighted by Gasteiger charge is -1.92. The van der Waals surface area contributed by atoms with E-state index in [-0.39, 0.29) is 4.45 Å². The van der Waals surface area contributed by atoms with Gasteiger partial charge in [-0.25, -0.2) is 0 Å². The van der Waals surface area contributed by atoms with Gasteiger partial charge >= 0.3 is 0 Å². The third kappa shape index (κ3) is 8.37. The first-order valence-corrected chi connectivity index (χ1v) is 4.56. The molecule has 0 heterocycles. The Morgan fingerprint density at radius 2 is 2.22 bits per heavy atom. The van der Waals surface area contributed by atoms with Crippen LogP contribution in [0.1, 0.15) is 26.2 Å². The smallest absolute Gasteiger partial charge is 0.243 e. The van der Waals surface area contributed by atoms with Crippen LogP contribution in [-0.2, 0) is 0 Å². The lowest BCUT2D eigenvalue weighted by Crippen LogP contribution is -1.81. The molecule has 0 saturated heterocycles. The van der Waals surface area contributed by atoms with Crippen LogP contribution in [0.5, 0.6) is 0 Å². The van der Waals surface area contributed by atoms with Gasteiger partial charge in [-0.1, -0.05) is 44.2 Å². The molecule has 0 aromatic heterocycles. The van der Waals surface area contributed by atoms with Crippen molar-refractivity contribution in [3.05, 3.63) is 0 Å². The molecule has 0 unspecified atom stereocenters. The largest absolute Gasteiger partial charge is 0.275 e. The third-order valence-electron chi connectivity index (χ3n) is 0.973. The SMILES string of the molecule is CCCCCSC(=O)S. The maximum atomic E-state index is 10.2. The Hall–Kier alpha value is 0.370. The highest BCUT2D eigenvalue weighted by Gasteiger charge is 1.92. The predicted molar refractivity (Wildman–Crippen MR) is 46.4 cm³/mol. The second-order valence-electron chi connectivity index (χ2n) is 1.82. The van der Waals surface area contributed by atoms with Gasteiger partial charge in [0.05, 0.1) is 0 Å². The Bertz CT molecular complexity index is 83.1. The summed E-state index contributed by atoms with van der Waals surface area (Å²) in [5.74, 6) is 0.927. The van der Waals surface area contributed by atoms with E-state index in [0.717, 1.165) is 12.2 Å². The van der Waals surface area contributed by atoms with Crippen LogP contribution in [-0.4, -0.2) is 10.2 Å². The van der Waals surface area contributed by atoms with Crippen LogP contribution in [0.2, 0.25) is 0 Å². The molecule has 0 bridgehead atoms. The van der Waals surface area contributed by atoms with Crippen LogP contribution in [0.25, 0.3) is 0 Å². The highest BCUT2D eigenvalue weighted by Crippen LogP contribution is 2.09. The van der Waals surface area contributed by atoms with Crippen molar-refractivity contribution < 1.29 is 4.79 Å². The van der Waals surface area contributed by atoms with Gasteiger partial charge in [-0.15, -0.1) is 0 Å². The maximum absolute atomic E-state index is 10.2. The molecule has 3 heteroatoms. The lowest BCUT2D eigenvalue weighted by molar-refractivity contribution is 0.277. The number of carbonyl (C=O) groups excluding carboxylic acids is 1. The quantitative estimate of drug-likeness (QED) is 0.508. The highest BCUT2D eigenvalue weighted by atomic mass is 32.2. The topological polar surface area (TPSA) is 17.1 Å². The minimum absolute atomic E-state index is 0.0638. The van der Waals surface area contributed by atoms with Crippen molar-refractivity contribution in [1.29, 1.82) is 0 Å². The summed E-state index contributed by atoms with van der Waals surface area (Å²) < 4.78 is -0.0638. The fourth-order valence-electron chi connectivity index (χ4n) is 0.512. The Kier molecular flexibility index (Phi) is 6.76. The summed E-state index contributed by atoms with van der Waals surface area (Å²) in [4.78, 5) is 10.2. The second-order valence-corrected chi connectivity index (χ2v) is 3.60. The van der Waals surface area contributed by atoms with Crippen LogP contribution < -0.4 is 0 Å². The normalized spacial score (nSPS) is 9.56. The zero-order valence-electron chi connectivity index (χ0n) is 5.59. The van der Waals surface area contributed by atoms with Gasteiger partial charge < -0.3 is 0 Å². The van der Waals surface area contributed by atoms with Crippen molar-refractivity contribution in [1.82, 2.24) is 0 Å². The van der Waals surface area contributed by atoms with E-state index in [4.69, 9.17) is 0 Å². The number of thiol groups is 1. The first-order chi connectivity index (χ1) is 4.27. The highest BCUT2D eigenvalue weighted by molar-refractivity contribution is 8.32. The first kappa shape index (κ1) is 9.37. The molecule has 0 aromatic carbocycles. The molecule has 54 valence electrons. The van der Waals surface area contributed by atoms with Crippen molar-refractivity contribution in [2.75, 3.05) is 5.75 Å². The number of thioether (sulfide) groups is 1. The summed E-state index contributed by atoms with van der Waals surface area (Å²) in [7, 11) is 0. The van der Waals surface area contributed by atoms with Gasteiger partial charge in [0.25, 0.3) is 0 Å². The van der Waals surface area contributed by atoms with Crippen LogP contribution in [0, 0.1) is 0 Å². The van der Waals surface area contributed by atoms with E-state index in [0.29, 0.717) is 0 Å². The minimum Gasteiger partial charge on any atom is -0.275 e. The van der Waals surface area contributed by atoms with E-state index in [1.54, 1.807) is 0 Å². The third-order valence-corrected chi connectivity index (χ3v) is 2.10. The molecular weight excluding hydrogens is 152 g/mol. The Morgan fingerprint density at radius 1 is 1.56 bits per heavy atom. The van der Waals surface area contributed by atoms with Crippen LogP contribution >= 0.6 is 24.4 Å². The first-order valence-electron chi connectivity index (χ1n) is 3.13. The van der Waals surface area contributed by atoms with Crippen LogP contribution in [0.15, 0.2) is 0 Å². The standard InChI is InChI=1S/C6H12OS2/c1-2-3-4-5-9-6(7)8/h2-5H2,1H3,(H,7,8). The van der Waals surface area contributed by atoms with Gasteiger partial charge in [0, 0.05) is 5.75 Å². The zero-order valence-corrected chi connectivity index (χ0v) is 7.30. The molecule has 0 aliphatic rings. The zero-order chi connectivity index (χ0) is 7.11. The van der Waals surface area contributed by atoms with E-state index in [9.17, 15) is 4.79 Å². The fourth-order valence-corrected chi connectivity index (χ4v) is 1.31. The molecule has 0 aliphatic heterocycles. The monoisotopic (exact) mass is 164 g/mol. The van der Waals surface area contributed by atoms with Crippen molar-refractivity contribution >= 4 is 28.8 Å². The van der Waals surface area contributed by atoms with Crippen LogP contribution in [0.4, 0.5) is 4.79 Å². The van der Waals surface area contributed by atoms with Crippen molar-refractivity contribution in [3.8, 4) is 0 Å².